The Balaban J connectivity index is 1.52. The summed E-state index contributed by atoms with van der Waals surface area (Å²) in [6, 6.07) is 0. The van der Waals surface area contributed by atoms with E-state index in [9.17, 15) is 0 Å². The highest BCUT2D eigenvalue weighted by molar-refractivity contribution is 7.16. The molecule has 0 spiro atoms. The number of anilines is 2. The Morgan fingerprint density at radius 1 is 1.26 bits per heavy atom. The number of fused-ring (bicyclic) bond motifs is 3. The maximum atomic E-state index is 5.51. The Morgan fingerprint density at radius 3 is 2.96 bits per heavy atom. The molecule has 0 radical (unpaired) electrons. The predicted octanol–water partition coefficient (Wildman–Crippen LogP) is 0.0865. The van der Waals surface area contributed by atoms with E-state index in [1.54, 1.807) is 11.3 Å². The summed E-state index contributed by atoms with van der Waals surface area (Å²) in [4.78, 5) is 10.8. The molecule has 8 nitrogen and oxygen atoms in total. The van der Waals surface area contributed by atoms with Crippen LogP contribution in [-0.2, 0) is 6.42 Å². The molecule has 0 aromatic carbocycles. The van der Waals surface area contributed by atoms with Crippen molar-refractivity contribution < 1.29 is 0 Å². The maximum Gasteiger partial charge on any atom is 0.197 e. The molecule has 1 saturated heterocycles. The van der Waals surface area contributed by atoms with Gasteiger partial charge < -0.3 is 10.2 Å². The molecule has 2 aromatic heterocycles. The minimum absolute atomic E-state index is 0.761. The van der Waals surface area contributed by atoms with Gasteiger partial charge in [-0.15, -0.1) is 11.3 Å². The van der Waals surface area contributed by atoms with E-state index in [-0.39, 0.29) is 0 Å². The molecule has 4 heterocycles. The summed E-state index contributed by atoms with van der Waals surface area (Å²) in [5.74, 6) is 6.58. The number of hydrazine groups is 1. The number of rotatable bonds is 4. The summed E-state index contributed by atoms with van der Waals surface area (Å²) < 4.78 is 0. The van der Waals surface area contributed by atoms with Crippen LogP contribution < -0.4 is 21.5 Å². The van der Waals surface area contributed by atoms with Gasteiger partial charge in [-0.3, -0.25) is 15.4 Å². The number of thiazole rings is 1. The second-order valence-corrected chi connectivity index (χ2v) is 6.98. The van der Waals surface area contributed by atoms with Crippen LogP contribution in [0, 0.1) is 0 Å². The van der Waals surface area contributed by atoms with Crippen LogP contribution >= 0.6 is 11.3 Å². The van der Waals surface area contributed by atoms with Crippen LogP contribution in [0.5, 0.6) is 0 Å². The number of nitrogens with zero attached hydrogens (tertiary/aromatic N) is 4. The van der Waals surface area contributed by atoms with Crippen molar-refractivity contribution in [3.8, 4) is 11.3 Å². The van der Waals surface area contributed by atoms with Crippen LogP contribution in [-0.4, -0.2) is 65.9 Å². The van der Waals surface area contributed by atoms with E-state index < -0.39 is 0 Å². The zero-order valence-corrected chi connectivity index (χ0v) is 13.8. The van der Waals surface area contributed by atoms with Gasteiger partial charge in [-0.2, -0.15) is 5.10 Å². The van der Waals surface area contributed by atoms with Crippen molar-refractivity contribution in [2.24, 2.45) is 5.84 Å². The number of hydrogen-bond acceptors (Lipinski definition) is 8. The van der Waals surface area contributed by atoms with Gasteiger partial charge >= 0.3 is 0 Å². The highest BCUT2D eigenvalue weighted by Gasteiger charge is 2.25. The lowest BCUT2D eigenvalue weighted by atomic mass is 10.2. The highest BCUT2D eigenvalue weighted by Crippen LogP contribution is 2.38. The fourth-order valence-corrected chi connectivity index (χ4v) is 4.13. The lowest BCUT2D eigenvalue weighted by Gasteiger charge is -2.30. The van der Waals surface area contributed by atoms with Crippen LogP contribution in [0.4, 0.5) is 10.9 Å². The molecule has 2 aromatic rings. The quantitative estimate of drug-likeness (QED) is 0.464. The number of H-pyrrole nitrogens is 1. The molecule has 0 atom stereocenters. The summed E-state index contributed by atoms with van der Waals surface area (Å²) in [7, 11) is 0. The van der Waals surface area contributed by atoms with E-state index in [2.05, 4.69) is 35.7 Å². The second kappa shape index (κ2) is 6.44. The molecular formula is C14H22N8S. The van der Waals surface area contributed by atoms with Gasteiger partial charge in [0.1, 0.15) is 5.82 Å². The van der Waals surface area contributed by atoms with Gasteiger partial charge in [-0.25, -0.2) is 10.8 Å². The van der Waals surface area contributed by atoms with Gasteiger partial charge in [0.05, 0.1) is 17.5 Å². The van der Waals surface area contributed by atoms with Gasteiger partial charge in [0.25, 0.3) is 0 Å². The van der Waals surface area contributed by atoms with Crippen molar-refractivity contribution in [1.82, 2.24) is 25.4 Å². The largest absolute Gasteiger partial charge is 0.355 e. The monoisotopic (exact) mass is 334 g/mol. The van der Waals surface area contributed by atoms with Gasteiger partial charge in [-0.05, 0) is 0 Å². The van der Waals surface area contributed by atoms with Crippen molar-refractivity contribution in [1.29, 1.82) is 0 Å². The Labute approximate surface area is 139 Å². The summed E-state index contributed by atoms with van der Waals surface area (Å²) in [6.45, 7) is 7.49. The molecule has 0 aliphatic carbocycles. The molecule has 1 fully saturated rings. The van der Waals surface area contributed by atoms with Crippen LogP contribution in [0.2, 0.25) is 0 Å². The van der Waals surface area contributed by atoms with Crippen LogP contribution in [0.25, 0.3) is 11.3 Å². The zero-order chi connectivity index (χ0) is 15.6. The smallest absolute Gasteiger partial charge is 0.197 e. The number of hydrogen-bond donors (Lipinski definition) is 4. The first-order valence-electron chi connectivity index (χ1n) is 8.03. The standard InChI is InChI=1S/C14H22N8S/c15-19-14-18-12-10-9-17-20-13(10)22(4-1-11(12)23-14)8-7-21-5-2-16-3-6-21/h9,16H,1-8,15H2,(H,17,20)(H,18,19). The average Bonchev–Trinajstić information content (AvgIpc) is 3.20. The third-order valence-electron chi connectivity index (χ3n) is 4.52. The van der Waals surface area contributed by atoms with Crippen LogP contribution in [0.1, 0.15) is 4.88 Å². The molecule has 0 amide bonds. The highest BCUT2D eigenvalue weighted by atomic mass is 32.1. The number of aromatic nitrogens is 3. The van der Waals surface area contributed by atoms with E-state index in [0.717, 1.165) is 74.4 Å². The number of aromatic amines is 1. The maximum absolute atomic E-state index is 5.51. The summed E-state index contributed by atoms with van der Waals surface area (Å²) >= 11 is 1.63. The third kappa shape index (κ3) is 2.92. The molecule has 5 N–H and O–H groups in total. The molecule has 2 aliphatic rings. The first kappa shape index (κ1) is 14.9. The average molecular weight is 334 g/mol. The predicted molar refractivity (Wildman–Crippen MR) is 92.7 cm³/mol. The number of piperazine rings is 1. The van der Waals surface area contributed by atoms with Crippen molar-refractivity contribution in [2.75, 3.05) is 56.1 Å². The van der Waals surface area contributed by atoms with Gasteiger partial charge in [-0.1, -0.05) is 0 Å². The Kier molecular flexibility index (Phi) is 4.17. The normalized spacial score (nSPS) is 18.4. The first-order valence-corrected chi connectivity index (χ1v) is 8.85. The van der Waals surface area contributed by atoms with E-state index >= 15 is 0 Å². The zero-order valence-electron chi connectivity index (χ0n) is 13.0. The molecule has 0 saturated carbocycles. The minimum Gasteiger partial charge on any atom is -0.355 e. The first-order chi connectivity index (χ1) is 11.3. The fraction of sp³-hybridized carbons (Fsp3) is 0.571. The lowest BCUT2D eigenvalue weighted by molar-refractivity contribution is 0.245. The van der Waals surface area contributed by atoms with Crippen molar-refractivity contribution in [2.45, 2.75) is 6.42 Å². The van der Waals surface area contributed by atoms with E-state index in [4.69, 9.17) is 5.84 Å². The van der Waals surface area contributed by atoms with E-state index in [0.29, 0.717) is 0 Å². The molecule has 9 heteroatoms. The van der Waals surface area contributed by atoms with Crippen LogP contribution in [0.3, 0.4) is 0 Å². The van der Waals surface area contributed by atoms with Crippen molar-refractivity contribution in [3.63, 3.8) is 0 Å². The SMILES string of the molecule is NNc1nc2c(s1)CCN(CCN1CCNCC1)c1[nH]ncc1-2. The second-order valence-electron chi connectivity index (χ2n) is 5.90. The van der Waals surface area contributed by atoms with Crippen molar-refractivity contribution in [3.05, 3.63) is 11.1 Å². The summed E-state index contributed by atoms with van der Waals surface area (Å²) in [5, 5.41) is 11.6. The Morgan fingerprint density at radius 2 is 2.13 bits per heavy atom. The number of nitrogen functional groups attached to an aromatic ring is 1. The molecule has 4 rings (SSSR count). The minimum atomic E-state index is 0.761. The van der Waals surface area contributed by atoms with Crippen LogP contribution in [0.15, 0.2) is 6.20 Å². The van der Waals surface area contributed by atoms with Gasteiger partial charge in [0, 0.05) is 57.1 Å². The summed E-state index contributed by atoms with van der Waals surface area (Å²) in [5.41, 5.74) is 4.75. The van der Waals surface area contributed by atoms with Gasteiger partial charge in [0.2, 0.25) is 0 Å². The number of nitrogens with two attached hydrogens (primary N) is 1. The topological polar surface area (TPSA) is 98.1 Å². The lowest BCUT2D eigenvalue weighted by Crippen LogP contribution is -2.46. The molecule has 0 unspecified atom stereocenters. The van der Waals surface area contributed by atoms with Crippen molar-refractivity contribution >= 4 is 22.3 Å². The van der Waals surface area contributed by atoms with E-state index in [1.807, 2.05) is 6.20 Å². The molecule has 124 valence electrons. The molecule has 2 aliphatic heterocycles. The van der Waals surface area contributed by atoms with Gasteiger partial charge in [0.15, 0.2) is 5.13 Å². The Bertz CT molecular complexity index is 660. The molecule has 0 bridgehead atoms. The van der Waals surface area contributed by atoms with E-state index in [1.165, 1.54) is 4.88 Å². The summed E-state index contributed by atoms with van der Waals surface area (Å²) in [6.07, 6.45) is 2.86. The fourth-order valence-electron chi connectivity index (χ4n) is 3.26. The Hall–Kier alpha value is -1.68. The third-order valence-corrected chi connectivity index (χ3v) is 5.56. The number of nitrogens with one attached hydrogen (secondary N) is 3. The molecular weight excluding hydrogens is 312 g/mol. The molecule has 23 heavy (non-hydrogen) atoms.